The van der Waals surface area contributed by atoms with E-state index in [0.717, 1.165) is 0 Å². The summed E-state index contributed by atoms with van der Waals surface area (Å²) in [6.45, 7) is 3.78. The molecule has 0 unspecified atom stereocenters. The third-order valence-electron chi connectivity index (χ3n) is 4.04. The molecule has 1 heterocycles. The fourth-order valence-corrected chi connectivity index (χ4v) is 5.00. The molecule has 1 aromatic carbocycles. The number of nitrogens with two attached hydrogens (primary N) is 1. The molecular formula is C17H23Br2N5O4S. The minimum Gasteiger partial charge on any atom is -0.391 e. The lowest BCUT2D eigenvalue weighted by atomic mass is 10.1. The lowest BCUT2D eigenvalue weighted by Crippen LogP contribution is -2.36. The minimum absolute atomic E-state index is 0.0592. The van der Waals surface area contributed by atoms with Crippen molar-refractivity contribution >= 4 is 59.3 Å². The van der Waals surface area contributed by atoms with Crippen LogP contribution in [0.2, 0.25) is 0 Å². The molecule has 2 rings (SSSR count). The van der Waals surface area contributed by atoms with Gasteiger partial charge >= 0.3 is 0 Å². The van der Waals surface area contributed by atoms with Crippen LogP contribution in [0.3, 0.4) is 0 Å². The Morgan fingerprint density at radius 2 is 2.00 bits per heavy atom. The molecule has 0 saturated heterocycles. The number of hydrogen-bond acceptors (Lipinski definition) is 8. The summed E-state index contributed by atoms with van der Waals surface area (Å²) < 4.78 is 29.8. The van der Waals surface area contributed by atoms with Gasteiger partial charge in [-0.15, -0.1) is 0 Å². The van der Waals surface area contributed by atoms with Gasteiger partial charge < -0.3 is 20.5 Å². The van der Waals surface area contributed by atoms with Crippen molar-refractivity contribution in [3.8, 4) is 0 Å². The fourth-order valence-electron chi connectivity index (χ4n) is 2.62. The molecule has 9 nitrogen and oxygen atoms in total. The summed E-state index contributed by atoms with van der Waals surface area (Å²) in [5.74, 6) is 0.760. The molecule has 0 bridgehead atoms. The Balaban J connectivity index is 2.34. The second kappa shape index (κ2) is 10.1. The van der Waals surface area contributed by atoms with Crippen LogP contribution in [0.5, 0.6) is 0 Å². The molecule has 5 N–H and O–H groups in total. The number of aliphatic hydroxyl groups is 1. The Morgan fingerprint density at radius 3 is 2.55 bits per heavy atom. The SMILES string of the molecule is CCc1cc(Nc2ncc(Br)c(N[C@H](COC)[C@@H](C)O)n2)cc(Br)c1S(N)(=O)=O. The molecule has 0 aliphatic rings. The lowest BCUT2D eigenvalue weighted by Gasteiger charge is -2.22. The summed E-state index contributed by atoms with van der Waals surface area (Å²) in [5, 5.41) is 21.4. The second-order valence-corrected chi connectivity index (χ2v) is 9.51. The van der Waals surface area contributed by atoms with Gasteiger partial charge in [-0.25, -0.2) is 18.5 Å². The number of anilines is 3. The third kappa shape index (κ3) is 6.33. The molecule has 2 atom stereocenters. The van der Waals surface area contributed by atoms with Crippen LogP contribution >= 0.6 is 31.9 Å². The Labute approximate surface area is 186 Å². The number of primary sulfonamides is 1. The quantitative estimate of drug-likeness (QED) is 0.372. The predicted molar refractivity (Wildman–Crippen MR) is 119 cm³/mol. The average molecular weight is 553 g/mol. The van der Waals surface area contributed by atoms with E-state index < -0.39 is 16.1 Å². The first-order valence-electron chi connectivity index (χ1n) is 8.65. The first-order chi connectivity index (χ1) is 13.6. The van der Waals surface area contributed by atoms with E-state index in [4.69, 9.17) is 9.88 Å². The van der Waals surface area contributed by atoms with Gasteiger partial charge in [-0.2, -0.15) is 4.98 Å². The molecule has 2 aromatic rings. The standard InChI is InChI=1S/C17H23Br2N5O4S/c1-4-10-5-11(6-12(18)15(10)29(20,26)27)22-17-21-7-13(19)16(24-17)23-14(8-28-3)9(2)25/h5-7,9,14,25H,4,8H2,1-3H3,(H2,20,26,27)(H2,21,22,23,24)/t9-,14-/m1/s1. The number of nitrogens with one attached hydrogen (secondary N) is 2. The Bertz CT molecular complexity index is 973. The van der Waals surface area contributed by atoms with E-state index in [1.165, 1.54) is 0 Å². The van der Waals surface area contributed by atoms with Gasteiger partial charge in [0.2, 0.25) is 16.0 Å². The van der Waals surface area contributed by atoms with E-state index in [2.05, 4.69) is 52.5 Å². The van der Waals surface area contributed by atoms with Crippen LogP contribution in [0.15, 0.2) is 32.2 Å². The van der Waals surface area contributed by atoms with Crippen molar-refractivity contribution in [3.05, 3.63) is 32.8 Å². The lowest BCUT2D eigenvalue weighted by molar-refractivity contribution is 0.106. The zero-order chi connectivity index (χ0) is 21.8. The van der Waals surface area contributed by atoms with Crippen molar-refractivity contribution in [3.63, 3.8) is 0 Å². The summed E-state index contributed by atoms with van der Waals surface area (Å²) in [4.78, 5) is 8.71. The summed E-state index contributed by atoms with van der Waals surface area (Å²) in [6, 6.07) is 2.92. The number of rotatable bonds is 9. The largest absolute Gasteiger partial charge is 0.391 e. The van der Waals surface area contributed by atoms with Crippen molar-refractivity contribution in [1.82, 2.24) is 9.97 Å². The highest BCUT2D eigenvalue weighted by Crippen LogP contribution is 2.31. The maximum Gasteiger partial charge on any atom is 0.239 e. The van der Waals surface area contributed by atoms with Crippen LogP contribution in [-0.2, 0) is 21.2 Å². The van der Waals surface area contributed by atoms with E-state index in [1.54, 1.807) is 32.4 Å². The number of aliphatic hydroxyl groups excluding tert-OH is 1. The maximum atomic E-state index is 11.9. The molecule has 1 aromatic heterocycles. The van der Waals surface area contributed by atoms with Gasteiger partial charge in [0, 0.05) is 23.5 Å². The molecule has 0 radical (unpaired) electrons. The van der Waals surface area contributed by atoms with E-state index in [-0.39, 0.29) is 16.9 Å². The van der Waals surface area contributed by atoms with Gasteiger partial charge in [0.1, 0.15) is 5.82 Å². The molecule has 0 aliphatic heterocycles. The van der Waals surface area contributed by atoms with Crippen molar-refractivity contribution in [1.29, 1.82) is 0 Å². The molecule has 0 spiro atoms. The van der Waals surface area contributed by atoms with E-state index in [9.17, 15) is 13.5 Å². The summed E-state index contributed by atoms with van der Waals surface area (Å²) >= 11 is 6.66. The molecule has 12 heteroatoms. The van der Waals surface area contributed by atoms with Gasteiger partial charge in [-0.3, -0.25) is 0 Å². The second-order valence-electron chi connectivity index (χ2n) is 6.31. The number of hydrogen-bond donors (Lipinski definition) is 4. The minimum atomic E-state index is -3.86. The number of benzene rings is 1. The van der Waals surface area contributed by atoms with Crippen LogP contribution in [0.25, 0.3) is 0 Å². The first-order valence-corrected chi connectivity index (χ1v) is 11.8. The van der Waals surface area contributed by atoms with Crippen molar-refractivity contribution in [2.75, 3.05) is 24.4 Å². The molecule has 0 aliphatic carbocycles. The molecule has 160 valence electrons. The van der Waals surface area contributed by atoms with Crippen LogP contribution < -0.4 is 15.8 Å². The number of halogens is 2. The zero-order valence-corrected chi connectivity index (χ0v) is 20.1. The normalized spacial score (nSPS) is 13.8. The van der Waals surface area contributed by atoms with Crippen LogP contribution in [-0.4, -0.2) is 49.4 Å². The number of ether oxygens (including phenoxy) is 1. The Morgan fingerprint density at radius 1 is 1.31 bits per heavy atom. The highest BCUT2D eigenvalue weighted by molar-refractivity contribution is 9.10. The van der Waals surface area contributed by atoms with E-state index in [1.807, 2.05) is 6.92 Å². The summed E-state index contributed by atoms with van der Waals surface area (Å²) in [7, 11) is -2.31. The summed E-state index contributed by atoms with van der Waals surface area (Å²) in [5.41, 5.74) is 1.16. The third-order valence-corrected chi connectivity index (χ3v) is 6.56. The zero-order valence-electron chi connectivity index (χ0n) is 16.1. The maximum absolute atomic E-state index is 11.9. The molecular weight excluding hydrogens is 530 g/mol. The molecule has 0 amide bonds. The topological polar surface area (TPSA) is 139 Å². The van der Waals surface area contributed by atoms with Gasteiger partial charge in [-0.05, 0) is 62.9 Å². The molecule has 29 heavy (non-hydrogen) atoms. The number of aromatic nitrogens is 2. The fraction of sp³-hybridized carbons (Fsp3) is 0.412. The van der Waals surface area contributed by atoms with Crippen LogP contribution in [0.1, 0.15) is 19.4 Å². The van der Waals surface area contributed by atoms with Crippen LogP contribution in [0, 0.1) is 0 Å². The van der Waals surface area contributed by atoms with Gasteiger partial charge in [0.15, 0.2) is 0 Å². The van der Waals surface area contributed by atoms with Crippen molar-refractivity contribution in [2.45, 2.75) is 37.3 Å². The van der Waals surface area contributed by atoms with Gasteiger partial charge in [0.05, 0.1) is 28.1 Å². The number of nitrogens with zero attached hydrogens (tertiary/aromatic N) is 2. The highest BCUT2D eigenvalue weighted by atomic mass is 79.9. The Kier molecular flexibility index (Phi) is 8.37. The van der Waals surface area contributed by atoms with Gasteiger partial charge in [-0.1, -0.05) is 6.92 Å². The first kappa shape index (κ1) is 24.0. The molecule has 0 fully saturated rings. The average Bonchev–Trinajstić information content (AvgIpc) is 2.62. The number of sulfonamides is 1. The van der Waals surface area contributed by atoms with E-state index >= 15 is 0 Å². The van der Waals surface area contributed by atoms with Crippen molar-refractivity contribution < 1.29 is 18.3 Å². The highest BCUT2D eigenvalue weighted by Gasteiger charge is 2.20. The van der Waals surface area contributed by atoms with Crippen LogP contribution in [0.4, 0.5) is 17.5 Å². The van der Waals surface area contributed by atoms with E-state index in [0.29, 0.717) is 39.0 Å². The summed E-state index contributed by atoms with van der Waals surface area (Å²) in [6.07, 6.45) is 1.38. The monoisotopic (exact) mass is 551 g/mol. The number of methoxy groups -OCH3 is 1. The predicted octanol–water partition coefficient (Wildman–Crippen LogP) is 2.76. The van der Waals surface area contributed by atoms with Gasteiger partial charge in [0.25, 0.3) is 0 Å². The van der Waals surface area contributed by atoms with Crippen molar-refractivity contribution in [2.24, 2.45) is 5.14 Å². The molecule has 0 saturated carbocycles. The smallest absolute Gasteiger partial charge is 0.239 e. The number of aryl methyl sites for hydroxylation is 1. The Hall–Kier alpha value is -1.31.